The molecule has 0 aliphatic rings. The molecule has 5 heteroatoms. The summed E-state index contributed by atoms with van der Waals surface area (Å²) >= 11 is 3.16. The first kappa shape index (κ1) is 13.1. The number of alkyl halides is 1. The van der Waals surface area contributed by atoms with Crippen molar-refractivity contribution in [1.29, 1.82) is 0 Å². The number of hydrogen-bond donors (Lipinski definition) is 1. The number of carbonyl (C=O) groups excluding carboxylic acids is 1. The number of ether oxygens (including phenoxy) is 1. The third-order valence-corrected chi connectivity index (χ3v) is 2.75. The molecule has 0 heterocycles. The quantitative estimate of drug-likeness (QED) is 0.664. The van der Waals surface area contributed by atoms with Crippen molar-refractivity contribution in [3.8, 4) is 0 Å². The molecule has 0 aliphatic heterocycles. The molecule has 3 nitrogen and oxygen atoms in total. The first-order chi connectivity index (χ1) is 7.65. The van der Waals surface area contributed by atoms with Crippen LogP contribution in [0.3, 0.4) is 0 Å². The topological polar surface area (TPSA) is 38.3 Å². The summed E-state index contributed by atoms with van der Waals surface area (Å²) in [5.41, 5.74) is 0.576. The number of halogens is 2. The van der Waals surface area contributed by atoms with Gasteiger partial charge >= 0.3 is 5.97 Å². The van der Waals surface area contributed by atoms with E-state index in [0.717, 1.165) is 0 Å². The highest BCUT2D eigenvalue weighted by atomic mass is 79.9. The fourth-order valence-corrected chi connectivity index (χ4v) is 1.60. The van der Waals surface area contributed by atoms with Crippen molar-refractivity contribution in [1.82, 2.24) is 5.32 Å². The van der Waals surface area contributed by atoms with Gasteiger partial charge in [-0.3, -0.25) is 4.79 Å². The lowest BCUT2D eigenvalue weighted by Gasteiger charge is -2.09. The summed E-state index contributed by atoms with van der Waals surface area (Å²) < 4.78 is 17.7. The van der Waals surface area contributed by atoms with Crippen LogP contribution < -0.4 is 5.32 Å². The Bertz CT molecular complexity index is 360. The molecule has 0 amide bonds. The molecule has 1 unspecified atom stereocenters. The van der Waals surface area contributed by atoms with Crippen molar-refractivity contribution in [2.75, 3.05) is 13.7 Å². The number of methoxy groups -OCH3 is 1. The standard InChI is InChI=1S/C11H13BrFNO2/c1-16-11(15)9(12)7-14-6-8-4-2-3-5-10(8)13/h2-5,9,14H,6-7H2,1H3. The first-order valence-corrected chi connectivity index (χ1v) is 5.72. The molecule has 0 spiro atoms. The number of hydrogen-bond acceptors (Lipinski definition) is 3. The fourth-order valence-electron chi connectivity index (χ4n) is 1.19. The predicted molar refractivity (Wildman–Crippen MR) is 62.8 cm³/mol. The number of rotatable bonds is 5. The number of esters is 1. The van der Waals surface area contributed by atoms with Gasteiger partial charge in [-0.15, -0.1) is 0 Å². The van der Waals surface area contributed by atoms with Gasteiger partial charge in [0.2, 0.25) is 0 Å². The van der Waals surface area contributed by atoms with Crippen LogP contribution in [0.2, 0.25) is 0 Å². The summed E-state index contributed by atoms with van der Waals surface area (Å²) in [6.45, 7) is 0.771. The van der Waals surface area contributed by atoms with Gasteiger partial charge in [0, 0.05) is 18.7 Å². The summed E-state index contributed by atoms with van der Waals surface area (Å²) in [5, 5.41) is 2.97. The Morgan fingerprint density at radius 3 is 2.88 bits per heavy atom. The summed E-state index contributed by atoms with van der Waals surface area (Å²) in [4.78, 5) is 10.6. The molecule has 0 saturated carbocycles. The average molecular weight is 290 g/mol. The largest absolute Gasteiger partial charge is 0.468 e. The van der Waals surface area contributed by atoms with E-state index in [2.05, 4.69) is 26.0 Å². The lowest BCUT2D eigenvalue weighted by molar-refractivity contribution is -0.139. The van der Waals surface area contributed by atoms with E-state index in [4.69, 9.17) is 0 Å². The Morgan fingerprint density at radius 1 is 1.56 bits per heavy atom. The maximum atomic E-state index is 13.2. The highest BCUT2D eigenvalue weighted by Gasteiger charge is 2.14. The number of nitrogens with one attached hydrogen (secondary N) is 1. The Balaban J connectivity index is 2.36. The number of carbonyl (C=O) groups is 1. The fraction of sp³-hybridized carbons (Fsp3) is 0.364. The molecule has 0 bridgehead atoms. The van der Waals surface area contributed by atoms with Crippen molar-refractivity contribution in [3.05, 3.63) is 35.6 Å². The molecule has 16 heavy (non-hydrogen) atoms. The Labute approximate surface area is 102 Å². The monoisotopic (exact) mass is 289 g/mol. The van der Waals surface area contributed by atoms with E-state index in [0.29, 0.717) is 18.7 Å². The molecular formula is C11H13BrFNO2. The van der Waals surface area contributed by atoms with Gasteiger partial charge in [0.1, 0.15) is 10.6 Å². The highest BCUT2D eigenvalue weighted by molar-refractivity contribution is 9.10. The second-order valence-electron chi connectivity index (χ2n) is 3.21. The van der Waals surface area contributed by atoms with Crippen molar-refractivity contribution in [2.45, 2.75) is 11.4 Å². The molecule has 1 aromatic carbocycles. The highest BCUT2D eigenvalue weighted by Crippen LogP contribution is 2.06. The van der Waals surface area contributed by atoms with Crippen molar-refractivity contribution in [3.63, 3.8) is 0 Å². The molecule has 0 saturated heterocycles. The van der Waals surface area contributed by atoms with E-state index in [1.807, 2.05) is 0 Å². The van der Waals surface area contributed by atoms with E-state index in [9.17, 15) is 9.18 Å². The van der Waals surface area contributed by atoms with E-state index in [1.165, 1.54) is 13.2 Å². The molecule has 1 atom stereocenters. The minimum Gasteiger partial charge on any atom is -0.468 e. The number of benzene rings is 1. The van der Waals surface area contributed by atoms with Crippen LogP contribution in [-0.2, 0) is 16.1 Å². The third-order valence-electron chi connectivity index (χ3n) is 2.05. The molecule has 1 aromatic rings. The van der Waals surface area contributed by atoms with E-state index >= 15 is 0 Å². The minimum atomic E-state index is -0.413. The Morgan fingerprint density at radius 2 is 2.25 bits per heavy atom. The van der Waals surface area contributed by atoms with E-state index in [1.54, 1.807) is 18.2 Å². The lowest BCUT2D eigenvalue weighted by atomic mass is 10.2. The normalized spacial score (nSPS) is 12.2. The van der Waals surface area contributed by atoms with Crippen LogP contribution in [0, 0.1) is 5.82 Å². The molecule has 88 valence electrons. The SMILES string of the molecule is COC(=O)C(Br)CNCc1ccccc1F. The van der Waals surface area contributed by atoms with E-state index < -0.39 is 4.83 Å². The van der Waals surface area contributed by atoms with Gasteiger partial charge in [0.15, 0.2) is 0 Å². The second kappa shape index (κ2) is 6.60. The van der Waals surface area contributed by atoms with Crippen LogP contribution in [0.25, 0.3) is 0 Å². The van der Waals surface area contributed by atoms with Gasteiger partial charge in [-0.1, -0.05) is 34.1 Å². The van der Waals surface area contributed by atoms with Crippen molar-refractivity contribution in [2.24, 2.45) is 0 Å². The lowest BCUT2D eigenvalue weighted by Crippen LogP contribution is -2.29. The molecular weight excluding hydrogens is 277 g/mol. The maximum absolute atomic E-state index is 13.2. The van der Waals surface area contributed by atoms with Crippen LogP contribution in [0.4, 0.5) is 4.39 Å². The summed E-state index contributed by atoms with van der Waals surface area (Å²) in [7, 11) is 1.33. The van der Waals surface area contributed by atoms with Crippen LogP contribution in [0.15, 0.2) is 24.3 Å². The molecule has 1 rings (SSSR count). The minimum absolute atomic E-state index is 0.251. The summed E-state index contributed by atoms with van der Waals surface area (Å²) in [5.74, 6) is -0.597. The van der Waals surface area contributed by atoms with Gasteiger partial charge in [-0.05, 0) is 6.07 Å². The van der Waals surface area contributed by atoms with Crippen molar-refractivity contribution >= 4 is 21.9 Å². The van der Waals surface area contributed by atoms with Crippen LogP contribution in [-0.4, -0.2) is 24.5 Å². The molecule has 0 aromatic heterocycles. The van der Waals surface area contributed by atoms with Gasteiger partial charge < -0.3 is 10.1 Å². The Kier molecular flexibility index (Phi) is 5.42. The smallest absolute Gasteiger partial charge is 0.320 e. The Hall–Kier alpha value is -0.940. The predicted octanol–water partition coefficient (Wildman–Crippen LogP) is 1.85. The zero-order chi connectivity index (χ0) is 12.0. The van der Waals surface area contributed by atoms with Crippen LogP contribution in [0.5, 0.6) is 0 Å². The second-order valence-corrected chi connectivity index (χ2v) is 4.32. The zero-order valence-corrected chi connectivity index (χ0v) is 10.5. The molecule has 0 radical (unpaired) electrons. The first-order valence-electron chi connectivity index (χ1n) is 4.81. The van der Waals surface area contributed by atoms with Crippen molar-refractivity contribution < 1.29 is 13.9 Å². The van der Waals surface area contributed by atoms with Gasteiger partial charge in [0.25, 0.3) is 0 Å². The molecule has 0 aliphatic carbocycles. The molecule has 1 N–H and O–H groups in total. The molecule has 0 fully saturated rings. The summed E-state index contributed by atoms with van der Waals surface area (Å²) in [6, 6.07) is 6.51. The summed E-state index contributed by atoms with van der Waals surface area (Å²) in [6.07, 6.45) is 0. The van der Waals surface area contributed by atoms with Gasteiger partial charge in [-0.25, -0.2) is 4.39 Å². The van der Waals surface area contributed by atoms with Gasteiger partial charge in [-0.2, -0.15) is 0 Å². The van der Waals surface area contributed by atoms with E-state index in [-0.39, 0.29) is 11.8 Å². The van der Waals surface area contributed by atoms with Crippen LogP contribution in [0.1, 0.15) is 5.56 Å². The van der Waals surface area contributed by atoms with Gasteiger partial charge in [0.05, 0.1) is 7.11 Å². The van der Waals surface area contributed by atoms with Crippen LogP contribution >= 0.6 is 15.9 Å². The third kappa shape index (κ3) is 3.90. The average Bonchev–Trinajstić information content (AvgIpc) is 2.30. The maximum Gasteiger partial charge on any atom is 0.320 e. The zero-order valence-electron chi connectivity index (χ0n) is 8.87.